The van der Waals surface area contributed by atoms with Gasteiger partial charge in [0.1, 0.15) is 12.4 Å². The van der Waals surface area contributed by atoms with Crippen LogP contribution in [0.3, 0.4) is 0 Å². The highest BCUT2D eigenvalue weighted by Gasteiger charge is 2.09. The van der Waals surface area contributed by atoms with Crippen molar-refractivity contribution in [2.45, 2.75) is 27.0 Å². The van der Waals surface area contributed by atoms with Crippen LogP contribution >= 0.6 is 11.6 Å². The van der Waals surface area contributed by atoms with Crippen molar-refractivity contribution in [2.24, 2.45) is 7.05 Å². The molecule has 27 heavy (non-hydrogen) atoms. The van der Waals surface area contributed by atoms with Crippen LogP contribution in [0.5, 0.6) is 5.75 Å². The third-order valence-corrected chi connectivity index (χ3v) is 4.58. The first-order chi connectivity index (χ1) is 12.9. The Morgan fingerprint density at radius 3 is 2.74 bits per heavy atom. The van der Waals surface area contributed by atoms with Crippen LogP contribution in [0.15, 0.2) is 48.5 Å². The molecule has 2 aromatic carbocycles. The molecule has 140 valence electrons. The van der Waals surface area contributed by atoms with Crippen LogP contribution in [0, 0.1) is 13.8 Å². The molecule has 0 saturated carbocycles. The van der Waals surface area contributed by atoms with Crippen molar-refractivity contribution >= 4 is 17.5 Å². The SMILES string of the molecule is Cc1ccc(Cl)c(OCc2cccc(C(=O)NCc3cc(C)n(C)n3)c2)c1. The summed E-state index contributed by atoms with van der Waals surface area (Å²) in [6.45, 7) is 4.68. The van der Waals surface area contributed by atoms with E-state index in [0.717, 1.165) is 22.5 Å². The van der Waals surface area contributed by atoms with Crippen LogP contribution in [0.1, 0.15) is 32.9 Å². The number of aryl methyl sites for hydroxylation is 3. The summed E-state index contributed by atoms with van der Waals surface area (Å²) in [6.07, 6.45) is 0. The van der Waals surface area contributed by atoms with Gasteiger partial charge in [0.2, 0.25) is 0 Å². The van der Waals surface area contributed by atoms with Crippen LogP contribution in [-0.2, 0) is 20.2 Å². The zero-order valence-electron chi connectivity index (χ0n) is 15.6. The molecular weight excluding hydrogens is 362 g/mol. The fourth-order valence-electron chi connectivity index (χ4n) is 2.68. The van der Waals surface area contributed by atoms with E-state index in [4.69, 9.17) is 16.3 Å². The first-order valence-electron chi connectivity index (χ1n) is 8.68. The zero-order valence-corrected chi connectivity index (χ0v) is 16.4. The Morgan fingerprint density at radius 1 is 1.19 bits per heavy atom. The highest BCUT2D eigenvalue weighted by atomic mass is 35.5. The molecule has 5 nitrogen and oxygen atoms in total. The molecule has 0 aliphatic rings. The molecule has 1 heterocycles. The van der Waals surface area contributed by atoms with E-state index < -0.39 is 0 Å². The maximum Gasteiger partial charge on any atom is 0.251 e. The fourth-order valence-corrected chi connectivity index (χ4v) is 2.85. The zero-order chi connectivity index (χ0) is 19.4. The maximum absolute atomic E-state index is 12.4. The summed E-state index contributed by atoms with van der Waals surface area (Å²) in [7, 11) is 1.88. The largest absolute Gasteiger partial charge is 0.487 e. The summed E-state index contributed by atoms with van der Waals surface area (Å²) >= 11 is 6.16. The quantitative estimate of drug-likeness (QED) is 0.694. The fraction of sp³-hybridized carbons (Fsp3) is 0.238. The van der Waals surface area contributed by atoms with Gasteiger partial charge in [-0.1, -0.05) is 29.8 Å². The van der Waals surface area contributed by atoms with E-state index in [1.54, 1.807) is 10.7 Å². The molecule has 3 aromatic rings. The molecule has 1 amide bonds. The van der Waals surface area contributed by atoms with Gasteiger partial charge >= 0.3 is 0 Å². The predicted octanol–water partition coefficient (Wildman–Crippen LogP) is 4.20. The van der Waals surface area contributed by atoms with Gasteiger partial charge in [0.05, 0.1) is 17.3 Å². The van der Waals surface area contributed by atoms with E-state index in [2.05, 4.69) is 10.4 Å². The molecular formula is C21H22ClN3O2. The number of carbonyl (C=O) groups excluding carboxylic acids is 1. The molecule has 0 atom stereocenters. The summed E-state index contributed by atoms with van der Waals surface area (Å²) in [6, 6.07) is 15.0. The number of carbonyl (C=O) groups is 1. The van der Waals surface area contributed by atoms with Crippen molar-refractivity contribution in [1.82, 2.24) is 15.1 Å². The molecule has 0 aliphatic heterocycles. The number of aromatic nitrogens is 2. The smallest absolute Gasteiger partial charge is 0.251 e. The van der Waals surface area contributed by atoms with Gasteiger partial charge in [-0.05, 0) is 55.3 Å². The van der Waals surface area contributed by atoms with Crippen LogP contribution in [0.4, 0.5) is 0 Å². The third-order valence-electron chi connectivity index (χ3n) is 4.26. The predicted molar refractivity (Wildman–Crippen MR) is 106 cm³/mol. The van der Waals surface area contributed by atoms with Gasteiger partial charge < -0.3 is 10.1 Å². The van der Waals surface area contributed by atoms with Crippen molar-refractivity contribution in [3.05, 3.63) is 81.6 Å². The second kappa shape index (κ2) is 8.27. The van der Waals surface area contributed by atoms with Crippen molar-refractivity contribution in [3.63, 3.8) is 0 Å². The highest BCUT2D eigenvalue weighted by Crippen LogP contribution is 2.26. The Balaban J connectivity index is 1.62. The molecule has 1 aromatic heterocycles. The molecule has 0 fully saturated rings. The van der Waals surface area contributed by atoms with E-state index in [-0.39, 0.29) is 5.91 Å². The summed E-state index contributed by atoms with van der Waals surface area (Å²) in [5.74, 6) is 0.491. The Hall–Kier alpha value is -2.79. The van der Waals surface area contributed by atoms with Gasteiger partial charge in [0, 0.05) is 18.3 Å². The van der Waals surface area contributed by atoms with E-state index in [1.165, 1.54) is 0 Å². The molecule has 0 aliphatic carbocycles. The van der Waals surface area contributed by atoms with E-state index in [1.807, 2.05) is 63.4 Å². The van der Waals surface area contributed by atoms with Crippen LogP contribution in [0.25, 0.3) is 0 Å². The lowest BCUT2D eigenvalue weighted by Crippen LogP contribution is -2.23. The number of ether oxygens (including phenoxy) is 1. The van der Waals surface area contributed by atoms with Gasteiger partial charge in [-0.2, -0.15) is 5.10 Å². The topological polar surface area (TPSA) is 56.1 Å². The van der Waals surface area contributed by atoms with E-state index in [9.17, 15) is 4.79 Å². The lowest BCUT2D eigenvalue weighted by Gasteiger charge is -2.10. The standard InChI is InChI=1S/C21H22ClN3O2/c1-14-7-8-19(22)20(9-14)27-13-16-5-4-6-17(11-16)21(26)23-12-18-10-15(2)25(3)24-18/h4-11H,12-13H2,1-3H3,(H,23,26). The average Bonchev–Trinajstić information content (AvgIpc) is 2.98. The average molecular weight is 384 g/mol. The van der Waals surface area contributed by atoms with Crippen LogP contribution in [-0.4, -0.2) is 15.7 Å². The summed E-state index contributed by atoms with van der Waals surface area (Å²) in [5, 5.41) is 7.81. The lowest BCUT2D eigenvalue weighted by atomic mass is 10.1. The van der Waals surface area contributed by atoms with Gasteiger partial charge in [-0.25, -0.2) is 0 Å². The Morgan fingerprint density at radius 2 is 2.00 bits per heavy atom. The number of benzene rings is 2. The minimum absolute atomic E-state index is 0.145. The third kappa shape index (κ3) is 4.89. The van der Waals surface area contributed by atoms with Gasteiger partial charge in [0.25, 0.3) is 5.91 Å². The summed E-state index contributed by atoms with van der Waals surface area (Å²) < 4.78 is 7.59. The number of nitrogens with zero attached hydrogens (tertiary/aromatic N) is 2. The molecule has 1 N–H and O–H groups in total. The summed E-state index contributed by atoms with van der Waals surface area (Å²) in [5.41, 5.74) is 4.44. The van der Waals surface area contributed by atoms with Crippen LogP contribution < -0.4 is 10.1 Å². The molecule has 6 heteroatoms. The molecule has 0 unspecified atom stereocenters. The second-order valence-corrected chi connectivity index (χ2v) is 6.91. The van der Waals surface area contributed by atoms with Crippen molar-refractivity contribution in [2.75, 3.05) is 0 Å². The lowest BCUT2D eigenvalue weighted by molar-refractivity contribution is 0.0950. The summed E-state index contributed by atoms with van der Waals surface area (Å²) in [4.78, 5) is 12.4. The van der Waals surface area contributed by atoms with E-state index >= 15 is 0 Å². The minimum Gasteiger partial charge on any atom is -0.487 e. The van der Waals surface area contributed by atoms with Crippen molar-refractivity contribution in [1.29, 1.82) is 0 Å². The van der Waals surface area contributed by atoms with Crippen molar-refractivity contribution in [3.8, 4) is 5.75 Å². The molecule has 0 radical (unpaired) electrons. The number of rotatable bonds is 6. The maximum atomic E-state index is 12.4. The first-order valence-corrected chi connectivity index (χ1v) is 9.06. The molecule has 0 saturated heterocycles. The van der Waals surface area contributed by atoms with Gasteiger partial charge in [-0.15, -0.1) is 0 Å². The first kappa shape index (κ1) is 19.0. The molecule has 3 rings (SSSR count). The Labute approximate surface area is 163 Å². The normalized spacial score (nSPS) is 10.7. The van der Waals surface area contributed by atoms with Gasteiger partial charge in [-0.3, -0.25) is 9.48 Å². The number of halogens is 1. The Bertz CT molecular complexity index is 946. The number of hydrogen-bond acceptors (Lipinski definition) is 3. The Kier molecular flexibility index (Phi) is 5.81. The molecule has 0 spiro atoms. The van der Waals surface area contributed by atoms with Crippen molar-refractivity contribution < 1.29 is 9.53 Å². The number of nitrogens with one attached hydrogen (secondary N) is 1. The molecule has 0 bridgehead atoms. The second-order valence-electron chi connectivity index (χ2n) is 6.51. The highest BCUT2D eigenvalue weighted by molar-refractivity contribution is 6.32. The van der Waals surface area contributed by atoms with Gasteiger partial charge in [0.15, 0.2) is 0 Å². The van der Waals surface area contributed by atoms with E-state index in [0.29, 0.717) is 29.5 Å². The number of hydrogen-bond donors (Lipinski definition) is 1. The minimum atomic E-state index is -0.145. The van der Waals surface area contributed by atoms with Crippen LogP contribution in [0.2, 0.25) is 5.02 Å². The monoisotopic (exact) mass is 383 g/mol. The number of amides is 1.